The molecule has 0 saturated heterocycles. The highest BCUT2D eigenvalue weighted by molar-refractivity contribution is 7.80. The van der Waals surface area contributed by atoms with Gasteiger partial charge in [0.15, 0.2) is 0 Å². The van der Waals surface area contributed by atoms with Crippen molar-refractivity contribution in [1.82, 2.24) is 15.6 Å². The molecule has 1 heterocycles. The second kappa shape index (κ2) is 6.75. The van der Waals surface area contributed by atoms with Crippen molar-refractivity contribution in [2.24, 2.45) is 0 Å². The van der Waals surface area contributed by atoms with Crippen LogP contribution in [-0.4, -0.2) is 23.1 Å². The Morgan fingerprint density at radius 3 is 2.73 bits per heavy atom. The van der Waals surface area contributed by atoms with E-state index in [0.717, 1.165) is 27.9 Å². The minimum absolute atomic E-state index is 0. The summed E-state index contributed by atoms with van der Waals surface area (Å²) in [5, 5.41) is 7.34. The number of hydrogen-bond acceptors (Lipinski definition) is 4. The molecule has 2 aromatic rings. The maximum absolute atomic E-state index is 5.43. The van der Waals surface area contributed by atoms with Gasteiger partial charge in [0.1, 0.15) is 10.7 Å². The fourth-order valence-electron chi connectivity index (χ4n) is 2.21. The molecule has 0 saturated carbocycles. The van der Waals surface area contributed by atoms with E-state index in [-0.39, 0.29) is 1.43 Å². The number of nitrogens with one attached hydrogen (secondary N) is 2. The van der Waals surface area contributed by atoms with Crippen LogP contribution < -0.4 is 15.4 Å². The third-order valence-electron chi connectivity index (χ3n) is 3.18. The molecule has 5 heteroatoms. The van der Waals surface area contributed by atoms with Gasteiger partial charge in [-0.1, -0.05) is 18.8 Å². The van der Waals surface area contributed by atoms with Gasteiger partial charge in [0.25, 0.3) is 0 Å². The lowest BCUT2D eigenvalue weighted by Crippen LogP contribution is -2.34. The smallest absolute Gasteiger partial charge is 0.130 e. The number of rotatable bonds is 5. The average Bonchev–Trinajstić information content (AvgIpc) is 2.45. The number of nitrogens with zero attached hydrogens (tertiary/aromatic N) is 1. The molecule has 0 aliphatic heterocycles. The molecule has 0 aliphatic rings. The lowest BCUT2D eigenvalue weighted by atomic mass is 10.1. The van der Waals surface area contributed by atoms with E-state index in [2.05, 4.69) is 22.2 Å². The fourth-order valence-corrected chi connectivity index (χ4v) is 2.44. The number of methoxy groups -OCH3 is 1. The van der Waals surface area contributed by atoms with Crippen molar-refractivity contribution in [3.8, 4) is 5.75 Å². The van der Waals surface area contributed by atoms with Gasteiger partial charge in [-0.25, -0.2) is 4.98 Å². The highest BCUT2D eigenvalue weighted by Crippen LogP contribution is 2.22. The van der Waals surface area contributed by atoms with Gasteiger partial charge in [-0.3, -0.25) is 0 Å². The molecule has 1 aromatic heterocycles. The lowest BCUT2D eigenvalue weighted by Gasteiger charge is -2.16. The van der Waals surface area contributed by atoms with Crippen molar-refractivity contribution in [2.45, 2.75) is 26.8 Å². The summed E-state index contributed by atoms with van der Waals surface area (Å²) in [7, 11) is 1.64. The topological polar surface area (TPSA) is 46.2 Å². The van der Waals surface area contributed by atoms with Gasteiger partial charge in [-0.2, -0.15) is 0 Å². The number of thiocarbonyl (C=S) groups is 1. The molecule has 22 heavy (non-hydrogen) atoms. The molecule has 0 atom stereocenters. The van der Waals surface area contributed by atoms with Crippen molar-refractivity contribution in [3.05, 3.63) is 47.9 Å². The van der Waals surface area contributed by atoms with Crippen LogP contribution in [-0.2, 0) is 0 Å². The van der Waals surface area contributed by atoms with Crippen molar-refractivity contribution in [3.63, 3.8) is 0 Å². The first-order valence-corrected chi connectivity index (χ1v) is 7.53. The predicted molar refractivity (Wildman–Crippen MR) is 97.4 cm³/mol. The Morgan fingerprint density at radius 2 is 2.09 bits per heavy atom. The Bertz CT molecular complexity index is 731. The molecule has 2 N–H and O–H groups in total. The third-order valence-corrected chi connectivity index (χ3v) is 3.50. The van der Waals surface area contributed by atoms with Crippen LogP contribution in [0.25, 0.3) is 10.9 Å². The maximum Gasteiger partial charge on any atom is 0.130 e. The normalized spacial score (nSPS) is 10.6. The molecule has 0 radical (unpaired) electrons. The molecule has 1 aromatic carbocycles. The van der Waals surface area contributed by atoms with Crippen LogP contribution in [0.5, 0.6) is 5.75 Å². The summed E-state index contributed by atoms with van der Waals surface area (Å²) in [6.07, 6.45) is 0. The van der Waals surface area contributed by atoms with Crippen LogP contribution in [0, 0.1) is 6.92 Å². The lowest BCUT2D eigenvalue weighted by molar-refractivity contribution is 0.415. The Labute approximate surface area is 138 Å². The fraction of sp³-hybridized carbons (Fsp3) is 0.294. The van der Waals surface area contributed by atoms with E-state index >= 15 is 0 Å². The number of aromatic nitrogens is 1. The van der Waals surface area contributed by atoms with Gasteiger partial charge in [-0.15, -0.1) is 0 Å². The molecular formula is C17H23N3OS. The standard InChI is InChI=1S/C17H21N3OS.H2/c1-10(2)18-12(4)19-17(22)16-8-11(3)14-7-6-13(21-5)9-15(14)20-16;/h6-10,18H,4H2,1-3,5H3,(H,19,22);1H. The molecule has 0 fully saturated rings. The van der Waals surface area contributed by atoms with Gasteiger partial charge >= 0.3 is 0 Å². The first-order chi connectivity index (χ1) is 10.4. The molecule has 0 bridgehead atoms. The van der Waals surface area contributed by atoms with E-state index in [1.54, 1.807) is 7.11 Å². The number of ether oxygens (including phenoxy) is 1. The summed E-state index contributed by atoms with van der Waals surface area (Å²) >= 11 is 5.43. The first kappa shape index (κ1) is 16.2. The Kier molecular flexibility index (Phi) is 4.98. The second-order valence-electron chi connectivity index (χ2n) is 5.44. The van der Waals surface area contributed by atoms with E-state index in [1.807, 2.05) is 45.0 Å². The van der Waals surface area contributed by atoms with Gasteiger partial charge in [0, 0.05) is 18.9 Å². The molecule has 118 valence electrons. The highest BCUT2D eigenvalue weighted by Gasteiger charge is 2.09. The van der Waals surface area contributed by atoms with E-state index in [0.29, 0.717) is 16.9 Å². The number of aryl methyl sites for hydroxylation is 1. The summed E-state index contributed by atoms with van der Waals surface area (Å²) in [6.45, 7) is 10.0. The highest BCUT2D eigenvalue weighted by atomic mass is 32.1. The van der Waals surface area contributed by atoms with Crippen LogP contribution in [0.1, 0.15) is 26.5 Å². The zero-order valence-electron chi connectivity index (χ0n) is 13.4. The molecule has 0 spiro atoms. The zero-order valence-corrected chi connectivity index (χ0v) is 14.2. The minimum Gasteiger partial charge on any atom is -0.497 e. The van der Waals surface area contributed by atoms with Gasteiger partial charge in [0.2, 0.25) is 0 Å². The number of pyridine rings is 1. The van der Waals surface area contributed by atoms with Crippen LogP contribution in [0.3, 0.4) is 0 Å². The van der Waals surface area contributed by atoms with Crippen molar-refractivity contribution >= 4 is 28.1 Å². The molecule has 0 aliphatic carbocycles. The molecule has 2 rings (SSSR count). The van der Waals surface area contributed by atoms with Crippen molar-refractivity contribution < 1.29 is 6.16 Å². The maximum atomic E-state index is 5.43. The van der Waals surface area contributed by atoms with Gasteiger partial charge < -0.3 is 15.4 Å². The average molecular weight is 317 g/mol. The van der Waals surface area contributed by atoms with Crippen LogP contribution in [0.15, 0.2) is 36.7 Å². The minimum atomic E-state index is 0. The second-order valence-corrected chi connectivity index (χ2v) is 5.85. The van der Waals surface area contributed by atoms with E-state index < -0.39 is 0 Å². The van der Waals surface area contributed by atoms with Gasteiger partial charge in [-0.05, 0) is 44.5 Å². The monoisotopic (exact) mass is 317 g/mol. The molecule has 0 unspecified atom stereocenters. The number of hydrogen-bond donors (Lipinski definition) is 2. The quantitative estimate of drug-likeness (QED) is 0.826. The van der Waals surface area contributed by atoms with Crippen molar-refractivity contribution in [1.29, 1.82) is 0 Å². The largest absolute Gasteiger partial charge is 0.497 e. The van der Waals surface area contributed by atoms with Crippen LogP contribution in [0.2, 0.25) is 0 Å². The van der Waals surface area contributed by atoms with Gasteiger partial charge in [0.05, 0.1) is 24.1 Å². The number of fused-ring (bicyclic) bond motifs is 1. The first-order valence-electron chi connectivity index (χ1n) is 7.13. The Morgan fingerprint density at radius 1 is 1.36 bits per heavy atom. The zero-order chi connectivity index (χ0) is 16.3. The summed E-state index contributed by atoms with van der Waals surface area (Å²) in [4.78, 5) is 5.17. The summed E-state index contributed by atoms with van der Waals surface area (Å²) in [6, 6.07) is 8.12. The third kappa shape index (κ3) is 3.74. The van der Waals surface area contributed by atoms with E-state index in [4.69, 9.17) is 17.0 Å². The number of benzene rings is 1. The van der Waals surface area contributed by atoms with E-state index in [1.165, 1.54) is 0 Å². The Balaban J connectivity index is 0.00000264. The molecule has 0 amide bonds. The summed E-state index contributed by atoms with van der Waals surface area (Å²) in [5.74, 6) is 1.45. The summed E-state index contributed by atoms with van der Waals surface area (Å²) < 4.78 is 5.26. The summed E-state index contributed by atoms with van der Waals surface area (Å²) in [5.41, 5.74) is 2.70. The Hall–Kier alpha value is -2.14. The molecule has 4 nitrogen and oxygen atoms in total. The van der Waals surface area contributed by atoms with Crippen LogP contribution >= 0.6 is 12.2 Å². The predicted octanol–water partition coefficient (Wildman–Crippen LogP) is 3.53. The molecular weight excluding hydrogens is 294 g/mol. The SMILES string of the molecule is C=C(NC(=S)c1cc(C)c2ccc(OC)cc2n1)NC(C)C.[HH]. The van der Waals surface area contributed by atoms with Crippen molar-refractivity contribution in [2.75, 3.05) is 7.11 Å². The van der Waals surface area contributed by atoms with E-state index in [9.17, 15) is 0 Å². The van der Waals surface area contributed by atoms with Crippen LogP contribution in [0.4, 0.5) is 0 Å².